The minimum Gasteiger partial charge on any atom is -0.328 e. The molecule has 1 atom stereocenters. The van der Waals surface area contributed by atoms with Crippen LogP contribution in [-0.2, 0) is 6.42 Å². The number of nitrogens with two attached hydrogens (primary N) is 1. The molecule has 2 nitrogen and oxygen atoms in total. The molecule has 0 fully saturated rings. The van der Waals surface area contributed by atoms with Crippen molar-refractivity contribution in [2.45, 2.75) is 25.8 Å². The molecule has 4 heteroatoms. The van der Waals surface area contributed by atoms with Gasteiger partial charge in [0.05, 0.1) is 5.02 Å². The molecule has 13 heavy (non-hydrogen) atoms. The molecule has 0 amide bonds. The van der Waals surface area contributed by atoms with Crippen LogP contribution in [0.3, 0.4) is 0 Å². The van der Waals surface area contributed by atoms with E-state index in [1.54, 1.807) is 6.20 Å². The van der Waals surface area contributed by atoms with Crippen LogP contribution in [0.2, 0.25) is 10.2 Å². The highest BCUT2D eigenvalue weighted by Crippen LogP contribution is 2.20. The van der Waals surface area contributed by atoms with Crippen LogP contribution in [-0.4, -0.2) is 11.0 Å². The Morgan fingerprint density at radius 3 is 2.77 bits per heavy atom. The van der Waals surface area contributed by atoms with E-state index in [0.29, 0.717) is 10.2 Å². The largest absolute Gasteiger partial charge is 0.328 e. The van der Waals surface area contributed by atoms with Crippen molar-refractivity contribution >= 4 is 23.2 Å². The first-order chi connectivity index (χ1) is 6.09. The van der Waals surface area contributed by atoms with Gasteiger partial charge in [-0.1, -0.05) is 23.2 Å². The third-order valence-corrected chi connectivity index (χ3v) is 2.43. The molecule has 72 valence electrons. The number of hydrogen-bond donors (Lipinski definition) is 1. The molecule has 1 aromatic rings. The van der Waals surface area contributed by atoms with E-state index in [1.807, 2.05) is 13.0 Å². The Labute approximate surface area is 88.1 Å². The minimum absolute atomic E-state index is 0.203. The van der Waals surface area contributed by atoms with Crippen LogP contribution in [0.15, 0.2) is 12.3 Å². The number of halogens is 2. The Bertz CT molecular complexity index is 287. The molecule has 0 aliphatic rings. The Morgan fingerprint density at radius 2 is 2.23 bits per heavy atom. The third-order valence-electron chi connectivity index (χ3n) is 1.74. The van der Waals surface area contributed by atoms with Crippen LogP contribution >= 0.6 is 23.2 Å². The van der Waals surface area contributed by atoms with Crippen LogP contribution < -0.4 is 5.73 Å². The van der Waals surface area contributed by atoms with Crippen molar-refractivity contribution < 1.29 is 0 Å². The number of pyridine rings is 1. The molecular weight excluding hydrogens is 207 g/mol. The summed E-state index contributed by atoms with van der Waals surface area (Å²) in [5.41, 5.74) is 6.70. The molecule has 2 N–H and O–H groups in total. The fourth-order valence-corrected chi connectivity index (χ4v) is 1.28. The molecule has 0 spiro atoms. The summed E-state index contributed by atoms with van der Waals surface area (Å²) in [6.07, 6.45) is 3.55. The van der Waals surface area contributed by atoms with E-state index < -0.39 is 0 Å². The number of nitrogens with zero attached hydrogens (tertiary/aromatic N) is 1. The van der Waals surface area contributed by atoms with E-state index in [-0.39, 0.29) is 6.04 Å². The smallest absolute Gasteiger partial charge is 0.147 e. The van der Waals surface area contributed by atoms with Gasteiger partial charge in [-0.15, -0.1) is 0 Å². The summed E-state index contributed by atoms with van der Waals surface area (Å²) in [5, 5.41) is 0.857. The molecule has 1 rings (SSSR count). The average Bonchev–Trinajstić information content (AvgIpc) is 2.07. The van der Waals surface area contributed by atoms with Crippen LogP contribution in [0, 0.1) is 0 Å². The molecule has 0 aromatic carbocycles. The normalized spacial score (nSPS) is 12.9. The SMILES string of the molecule is C[C@H](N)CCc1cnc(Cl)c(Cl)c1. The number of hydrogen-bond acceptors (Lipinski definition) is 2. The Hall–Kier alpha value is -0.310. The summed E-state index contributed by atoms with van der Waals surface area (Å²) in [6, 6.07) is 2.04. The maximum atomic E-state index is 5.80. The molecule has 0 unspecified atom stereocenters. The molecular formula is C9H12Cl2N2. The standard InChI is InChI=1S/C9H12Cl2N2/c1-6(12)2-3-7-4-8(10)9(11)13-5-7/h4-6H,2-3,12H2,1H3/t6-/m0/s1. The lowest BCUT2D eigenvalue weighted by Gasteiger charge is -2.05. The predicted molar refractivity (Wildman–Crippen MR) is 56.2 cm³/mol. The van der Waals surface area contributed by atoms with E-state index in [9.17, 15) is 0 Å². The molecule has 0 aliphatic heterocycles. The van der Waals surface area contributed by atoms with Gasteiger partial charge in [-0.05, 0) is 31.4 Å². The lowest BCUT2D eigenvalue weighted by molar-refractivity contribution is 0.665. The second-order valence-corrected chi connectivity index (χ2v) is 3.90. The van der Waals surface area contributed by atoms with Crippen molar-refractivity contribution in [3.63, 3.8) is 0 Å². The van der Waals surface area contributed by atoms with E-state index in [1.165, 1.54) is 0 Å². The van der Waals surface area contributed by atoms with Gasteiger partial charge in [-0.2, -0.15) is 0 Å². The van der Waals surface area contributed by atoms with Gasteiger partial charge in [-0.3, -0.25) is 0 Å². The molecule has 0 bridgehead atoms. The van der Waals surface area contributed by atoms with E-state index in [2.05, 4.69) is 4.98 Å². The highest BCUT2D eigenvalue weighted by molar-refractivity contribution is 6.41. The second-order valence-electron chi connectivity index (χ2n) is 3.13. The monoisotopic (exact) mass is 218 g/mol. The van der Waals surface area contributed by atoms with Crippen molar-refractivity contribution in [1.29, 1.82) is 0 Å². The van der Waals surface area contributed by atoms with Gasteiger partial charge >= 0.3 is 0 Å². The Balaban J connectivity index is 2.63. The highest BCUT2D eigenvalue weighted by atomic mass is 35.5. The Morgan fingerprint density at radius 1 is 1.54 bits per heavy atom. The van der Waals surface area contributed by atoms with Gasteiger partial charge in [-0.25, -0.2) is 4.98 Å². The summed E-state index contributed by atoms with van der Waals surface area (Å²) in [5.74, 6) is 0. The number of aryl methyl sites for hydroxylation is 1. The van der Waals surface area contributed by atoms with Gasteiger partial charge in [0.1, 0.15) is 5.15 Å². The van der Waals surface area contributed by atoms with Crippen molar-refractivity contribution in [3.05, 3.63) is 28.0 Å². The third kappa shape index (κ3) is 3.51. The maximum Gasteiger partial charge on any atom is 0.147 e. The molecule has 0 saturated carbocycles. The minimum atomic E-state index is 0.203. The molecule has 1 heterocycles. The van der Waals surface area contributed by atoms with Gasteiger partial charge < -0.3 is 5.73 Å². The molecule has 0 saturated heterocycles. The van der Waals surface area contributed by atoms with Gasteiger partial charge in [0.2, 0.25) is 0 Å². The molecule has 0 radical (unpaired) electrons. The predicted octanol–water partition coefficient (Wildman–Crippen LogP) is 2.67. The number of rotatable bonds is 3. The van der Waals surface area contributed by atoms with Gasteiger partial charge in [0.15, 0.2) is 0 Å². The van der Waals surface area contributed by atoms with Gasteiger partial charge in [0, 0.05) is 12.2 Å². The first kappa shape index (κ1) is 10.8. The Kier molecular flexibility index (Phi) is 3.97. The van der Waals surface area contributed by atoms with Crippen LogP contribution in [0.1, 0.15) is 18.9 Å². The van der Waals surface area contributed by atoms with Crippen LogP contribution in [0.4, 0.5) is 0 Å². The fraction of sp³-hybridized carbons (Fsp3) is 0.444. The topological polar surface area (TPSA) is 38.9 Å². The molecule has 1 aromatic heterocycles. The lowest BCUT2D eigenvalue weighted by atomic mass is 10.1. The summed E-state index contributed by atoms with van der Waals surface area (Å²) in [7, 11) is 0. The van der Waals surface area contributed by atoms with Gasteiger partial charge in [0.25, 0.3) is 0 Å². The van der Waals surface area contributed by atoms with Crippen molar-refractivity contribution in [2.75, 3.05) is 0 Å². The summed E-state index contributed by atoms with van der Waals surface area (Å²) >= 11 is 11.5. The van der Waals surface area contributed by atoms with E-state index in [4.69, 9.17) is 28.9 Å². The zero-order valence-corrected chi connectivity index (χ0v) is 8.94. The fourth-order valence-electron chi connectivity index (χ4n) is 0.992. The number of aromatic nitrogens is 1. The second kappa shape index (κ2) is 4.80. The van der Waals surface area contributed by atoms with E-state index in [0.717, 1.165) is 18.4 Å². The van der Waals surface area contributed by atoms with Crippen molar-refractivity contribution in [1.82, 2.24) is 4.98 Å². The highest BCUT2D eigenvalue weighted by Gasteiger charge is 2.01. The molecule has 0 aliphatic carbocycles. The zero-order chi connectivity index (χ0) is 9.84. The lowest BCUT2D eigenvalue weighted by Crippen LogP contribution is -2.15. The summed E-state index contributed by atoms with van der Waals surface area (Å²) < 4.78 is 0. The quantitative estimate of drug-likeness (QED) is 0.793. The first-order valence-electron chi connectivity index (χ1n) is 4.15. The average molecular weight is 219 g/mol. The summed E-state index contributed by atoms with van der Waals surface area (Å²) in [4.78, 5) is 3.95. The van der Waals surface area contributed by atoms with Crippen molar-refractivity contribution in [3.8, 4) is 0 Å². The first-order valence-corrected chi connectivity index (χ1v) is 4.90. The van der Waals surface area contributed by atoms with Crippen LogP contribution in [0.25, 0.3) is 0 Å². The maximum absolute atomic E-state index is 5.80. The van der Waals surface area contributed by atoms with E-state index >= 15 is 0 Å². The van der Waals surface area contributed by atoms with Crippen molar-refractivity contribution in [2.24, 2.45) is 5.73 Å². The zero-order valence-electron chi connectivity index (χ0n) is 7.43. The van der Waals surface area contributed by atoms with Crippen LogP contribution in [0.5, 0.6) is 0 Å². The summed E-state index contributed by atoms with van der Waals surface area (Å²) in [6.45, 7) is 1.98.